The lowest BCUT2D eigenvalue weighted by Crippen LogP contribution is -2.44. The van der Waals surface area contributed by atoms with E-state index in [1.165, 1.54) is 6.20 Å². The van der Waals surface area contributed by atoms with Gasteiger partial charge in [0.05, 0.1) is 0 Å². The standard InChI is InChI=1S/C29H30N6O6/c1-30-13-19-12-18-14-35(28(39)33-27(18)32-19)15-25(36)34(16-26(37)38)11-10-31-29(40)41-17-24-22-8-4-2-6-20(22)21-7-3-5-9-23(21)24/h2-9,12,14,24,30H,10-11,13,15-17H2,1H3,(H,31,40)(H,37,38)(H,32,33,39). The molecule has 5 rings (SSSR count). The van der Waals surface area contributed by atoms with E-state index in [4.69, 9.17) is 4.74 Å². The molecule has 41 heavy (non-hydrogen) atoms. The molecule has 2 aromatic heterocycles. The molecule has 0 saturated heterocycles. The molecule has 12 heteroatoms. The Labute approximate surface area is 235 Å². The number of carbonyl (C=O) groups excluding carboxylic acids is 2. The van der Waals surface area contributed by atoms with Crippen molar-refractivity contribution in [3.05, 3.63) is 88.1 Å². The third kappa shape index (κ3) is 6.12. The van der Waals surface area contributed by atoms with E-state index in [2.05, 4.69) is 20.6 Å². The van der Waals surface area contributed by atoms with E-state index >= 15 is 0 Å². The molecule has 2 aromatic carbocycles. The van der Waals surface area contributed by atoms with Crippen molar-refractivity contribution in [1.82, 2.24) is 30.1 Å². The lowest BCUT2D eigenvalue weighted by molar-refractivity contribution is -0.144. The van der Waals surface area contributed by atoms with Crippen molar-refractivity contribution >= 4 is 29.0 Å². The maximum absolute atomic E-state index is 13.0. The number of hydrogen-bond acceptors (Lipinski definition) is 7. The zero-order valence-electron chi connectivity index (χ0n) is 22.4. The van der Waals surface area contributed by atoms with Crippen LogP contribution in [0.5, 0.6) is 0 Å². The fourth-order valence-corrected chi connectivity index (χ4v) is 5.13. The Morgan fingerprint density at radius 1 is 1.10 bits per heavy atom. The molecule has 0 spiro atoms. The summed E-state index contributed by atoms with van der Waals surface area (Å²) < 4.78 is 6.64. The smallest absolute Gasteiger partial charge is 0.407 e. The molecule has 12 nitrogen and oxygen atoms in total. The first-order chi connectivity index (χ1) is 19.8. The topological polar surface area (TPSA) is 159 Å². The monoisotopic (exact) mass is 558 g/mol. The number of carbonyl (C=O) groups is 3. The highest BCUT2D eigenvalue weighted by Crippen LogP contribution is 2.44. The predicted molar refractivity (Wildman–Crippen MR) is 150 cm³/mol. The van der Waals surface area contributed by atoms with Gasteiger partial charge in [-0.2, -0.15) is 4.98 Å². The average molecular weight is 559 g/mol. The van der Waals surface area contributed by atoms with Crippen LogP contribution in [0.1, 0.15) is 22.7 Å². The normalized spacial score (nSPS) is 12.1. The minimum Gasteiger partial charge on any atom is -0.480 e. The Morgan fingerprint density at radius 2 is 1.78 bits per heavy atom. The minimum absolute atomic E-state index is 0.0347. The molecule has 4 aromatic rings. The quantitative estimate of drug-likeness (QED) is 0.217. The van der Waals surface area contributed by atoms with Crippen LogP contribution in [0.4, 0.5) is 4.79 Å². The Balaban J connectivity index is 1.17. The number of nitrogens with one attached hydrogen (secondary N) is 3. The summed E-state index contributed by atoms with van der Waals surface area (Å²) in [5, 5.41) is 15.6. The molecule has 0 saturated carbocycles. The summed E-state index contributed by atoms with van der Waals surface area (Å²) in [5.41, 5.74) is 4.98. The summed E-state index contributed by atoms with van der Waals surface area (Å²) in [6.07, 6.45) is 0.830. The van der Waals surface area contributed by atoms with Crippen LogP contribution in [0.3, 0.4) is 0 Å². The van der Waals surface area contributed by atoms with Gasteiger partial charge >= 0.3 is 17.8 Å². The van der Waals surface area contributed by atoms with Crippen molar-refractivity contribution in [2.45, 2.75) is 19.0 Å². The largest absolute Gasteiger partial charge is 0.480 e. The maximum atomic E-state index is 13.0. The zero-order valence-corrected chi connectivity index (χ0v) is 22.4. The van der Waals surface area contributed by atoms with Crippen LogP contribution in [-0.4, -0.2) is 75.8 Å². The highest BCUT2D eigenvalue weighted by molar-refractivity contribution is 5.82. The Bertz CT molecular complexity index is 1620. The average Bonchev–Trinajstić information content (AvgIpc) is 3.49. The van der Waals surface area contributed by atoms with Gasteiger partial charge in [-0.25, -0.2) is 9.59 Å². The number of ether oxygens (including phenoxy) is 1. The van der Waals surface area contributed by atoms with Gasteiger partial charge in [-0.05, 0) is 35.4 Å². The van der Waals surface area contributed by atoms with Gasteiger partial charge in [0.25, 0.3) is 0 Å². The van der Waals surface area contributed by atoms with Crippen molar-refractivity contribution in [3.8, 4) is 11.1 Å². The summed E-state index contributed by atoms with van der Waals surface area (Å²) in [5.74, 6) is -1.92. The predicted octanol–water partition coefficient (Wildman–Crippen LogP) is 1.90. The molecular weight excluding hydrogens is 528 g/mol. The van der Waals surface area contributed by atoms with Crippen LogP contribution in [0.25, 0.3) is 22.2 Å². The third-order valence-electron chi connectivity index (χ3n) is 6.98. The molecule has 2 amide bonds. The van der Waals surface area contributed by atoms with E-state index in [1.807, 2.05) is 54.6 Å². The van der Waals surface area contributed by atoms with E-state index < -0.39 is 36.7 Å². The number of nitrogens with zero attached hydrogens (tertiary/aromatic N) is 3. The fourth-order valence-electron chi connectivity index (χ4n) is 5.13. The van der Waals surface area contributed by atoms with Gasteiger partial charge in [-0.1, -0.05) is 48.5 Å². The molecule has 212 valence electrons. The Morgan fingerprint density at radius 3 is 2.44 bits per heavy atom. The van der Waals surface area contributed by atoms with Gasteiger partial charge in [0, 0.05) is 42.8 Å². The molecule has 2 heterocycles. The highest BCUT2D eigenvalue weighted by atomic mass is 16.5. The molecule has 0 fully saturated rings. The van der Waals surface area contributed by atoms with E-state index in [-0.39, 0.29) is 25.6 Å². The molecular formula is C29H30N6O6. The maximum Gasteiger partial charge on any atom is 0.407 e. The summed E-state index contributed by atoms with van der Waals surface area (Å²) in [4.78, 5) is 57.4. The summed E-state index contributed by atoms with van der Waals surface area (Å²) >= 11 is 0. The van der Waals surface area contributed by atoms with Crippen LogP contribution < -0.4 is 16.3 Å². The molecule has 0 radical (unpaired) electrons. The summed E-state index contributed by atoms with van der Waals surface area (Å²) in [7, 11) is 1.79. The second-order valence-electron chi connectivity index (χ2n) is 9.74. The third-order valence-corrected chi connectivity index (χ3v) is 6.98. The number of aromatic amines is 1. The molecule has 0 bridgehead atoms. The lowest BCUT2D eigenvalue weighted by Gasteiger charge is -2.21. The Hall–Kier alpha value is -4.97. The van der Waals surface area contributed by atoms with Crippen LogP contribution in [-0.2, 0) is 27.4 Å². The number of fused-ring (bicyclic) bond motifs is 4. The van der Waals surface area contributed by atoms with Crippen molar-refractivity contribution in [3.63, 3.8) is 0 Å². The Kier molecular flexibility index (Phi) is 8.11. The second kappa shape index (κ2) is 12.0. The van der Waals surface area contributed by atoms with Crippen molar-refractivity contribution < 1.29 is 24.2 Å². The van der Waals surface area contributed by atoms with E-state index in [9.17, 15) is 24.3 Å². The molecule has 0 aliphatic heterocycles. The van der Waals surface area contributed by atoms with Crippen molar-refractivity contribution in [1.29, 1.82) is 0 Å². The van der Waals surface area contributed by atoms with Gasteiger partial charge in [-0.3, -0.25) is 14.2 Å². The van der Waals surface area contributed by atoms with Gasteiger partial charge in [-0.15, -0.1) is 0 Å². The number of aromatic nitrogens is 3. The number of carboxylic acid groups (broad SMARTS) is 1. The number of aliphatic carboxylic acids is 1. The van der Waals surface area contributed by atoms with Crippen molar-refractivity contribution in [2.75, 3.05) is 33.3 Å². The van der Waals surface area contributed by atoms with Crippen LogP contribution in [0.2, 0.25) is 0 Å². The van der Waals surface area contributed by atoms with E-state index in [0.717, 1.165) is 37.4 Å². The molecule has 4 N–H and O–H groups in total. The number of H-pyrrole nitrogens is 1. The number of carboxylic acids is 1. The molecule has 0 atom stereocenters. The first-order valence-corrected chi connectivity index (χ1v) is 13.2. The summed E-state index contributed by atoms with van der Waals surface area (Å²) in [6, 6.07) is 17.8. The van der Waals surface area contributed by atoms with E-state index in [1.54, 1.807) is 7.05 Å². The van der Waals surface area contributed by atoms with Gasteiger partial charge in [0.1, 0.15) is 25.3 Å². The fraction of sp³-hybridized carbons (Fsp3) is 0.276. The van der Waals surface area contributed by atoms with Crippen LogP contribution in [0, 0.1) is 0 Å². The van der Waals surface area contributed by atoms with Gasteiger partial charge in [0.15, 0.2) is 0 Å². The number of rotatable bonds is 11. The summed E-state index contributed by atoms with van der Waals surface area (Å²) in [6.45, 7) is -0.431. The first kappa shape index (κ1) is 27.6. The number of hydrogen-bond donors (Lipinski definition) is 4. The molecule has 1 aliphatic rings. The minimum atomic E-state index is -1.22. The number of benzene rings is 2. The lowest BCUT2D eigenvalue weighted by atomic mass is 9.98. The highest BCUT2D eigenvalue weighted by Gasteiger charge is 2.29. The van der Waals surface area contributed by atoms with Crippen molar-refractivity contribution in [2.24, 2.45) is 0 Å². The van der Waals surface area contributed by atoms with Gasteiger partial charge in [0.2, 0.25) is 5.91 Å². The second-order valence-corrected chi connectivity index (χ2v) is 9.74. The SMILES string of the molecule is CNCc1cc2cn(CC(=O)N(CCNC(=O)OCC3c4ccccc4-c4ccccc43)CC(=O)O)c(=O)nc2[nH]1. The van der Waals surface area contributed by atoms with E-state index in [0.29, 0.717) is 17.6 Å². The first-order valence-electron chi connectivity index (χ1n) is 13.2. The number of amides is 2. The van der Waals surface area contributed by atoms with Crippen LogP contribution >= 0.6 is 0 Å². The number of alkyl carbamates (subject to hydrolysis) is 1. The molecule has 0 unspecified atom stereocenters. The van der Waals surface area contributed by atoms with Crippen LogP contribution in [0.15, 0.2) is 65.6 Å². The zero-order chi connectivity index (χ0) is 28.9. The molecule has 1 aliphatic carbocycles. The van der Waals surface area contributed by atoms with Gasteiger partial charge < -0.3 is 30.4 Å².